The third-order valence-electron chi connectivity index (χ3n) is 7.19. The molecule has 10 heteroatoms. The number of hydrogen-bond donors (Lipinski definition) is 2. The van der Waals surface area contributed by atoms with Crippen molar-refractivity contribution in [3.8, 4) is 23.0 Å². The first-order valence-corrected chi connectivity index (χ1v) is 15.4. The van der Waals surface area contributed by atoms with Crippen LogP contribution in [0.15, 0.2) is 42.6 Å². The van der Waals surface area contributed by atoms with Crippen LogP contribution in [0.2, 0.25) is 5.02 Å². The summed E-state index contributed by atoms with van der Waals surface area (Å²) in [6.07, 6.45) is 5.09. The molecule has 9 nitrogen and oxygen atoms in total. The number of amides is 2. The lowest BCUT2D eigenvalue weighted by molar-refractivity contribution is -0.0682. The topological polar surface area (TPSA) is 94.2 Å². The van der Waals surface area contributed by atoms with E-state index in [-0.39, 0.29) is 23.7 Å². The Labute approximate surface area is 260 Å². The zero-order valence-electron chi connectivity index (χ0n) is 26.2. The summed E-state index contributed by atoms with van der Waals surface area (Å²) in [5.41, 5.74) is 1.36. The highest BCUT2D eigenvalue weighted by Gasteiger charge is 2.21. The molecule has 1 aliphatic rings. The van der Waals surface area contributed by atoms with Crippen molar-refractivity contribution in [1.29, 1.82) is 0 Å². The molecule has 1 aromatic heterocycles. The van der Waals surface area contributed by atoms with Crippen molar-refractivity contribution >= 4 is 34.2 Å². The summed E-state index contributed by atoms with van der Waals surface area (Å²) >= 11 is 6.48. The van der Waals surface area contributed by atoms with E-state index in [9.17, 15) is 4.79 Å². The number of pyridine rings is 1. The molecule has 2 heterocycles. The van der Waals surface area contributed by atoms with Crippen molar-refractivity contribution in [2.24, 2.45) is 5.41 Å². The minimum atomic E-state index is -0.300. The van der Waals surface area contributed by atoms with E-state index in [0.29, 0.717) is 46.9 Å². The van der Waals surface area contributed by atoms with E-state index in [2.05, 4.69) is 55.1 Å². The molecule has 1 saturated heterocycles. The number of fused-ring (bicyclic) bond motifs is 1. The van der Waals surface area contributed by atoms with Crippen molar-refractivity contribution in [1.82, 2.24) is 15.2 Å². The average molecular weight is 613 g/mol. The van der Waals surface area contributed by atoms with Crippen LogP contribution in [0, 0.1) is 5.41 Å². The van der Waals surface area contributed by atoms with Gasteiger partial charge in [0.25, 0.3) is 0 Å². The summed E-state index contributed by atoms with van der Waals surface area (Å²) in [6.45, 7) is 14.8. The van der Waals surface area contributed by atoms with Gasteiger partial charge in [-0.25, -0.2) is 4.79 Å². The zero-order valence-corrected chi connectivity index (χ0v) is 26.9. The Bertz CT molecular complexity index is 1370. The van der Waals surface area contributed by atoms with Crippen LogP contribution in [0.25, 0.3) is 10.9 Å². The van der Waals surface area contributed by atoms with Gasteiger partial charge in [0.1, 0.15) is 11.5 Å². The Hall–Kier alpha value is -3.27. The fourth-order valence-corrected chi connectivity index (χ4v) is 5.30. The van der Waals surface area contributed by atoms with Gasteiger partial charge in [-0.1, -0.05) is 32.4 Å². The number of carbonyl (C=O) groups is 1. The monoisotopic (exact) mass is 612 g/mol. The number of urea groups is 1. The first kappa shape index (κ1) is 32.6. The molecule has 0 radical (unpaired) electrons. The molecule has 0 aliphatic carbocycles. The van der Waals surface area contributed by atoms with Gasteiger partial charge in [0.15, 0.2) is 11.5 Å². The largest absolute Gasteiger partial charge is 0.493 e. The molecule has 2 aromatic carbocycles. The van der Waals surface area contributed by atoms with Gasteiger partial charge < -0.3 is 29.6 Å². The van der Waals surface area contributed by atoms with Crippen molar-refractivity contribution in [3.63, 3.8) is 0 Å². The van der Waals surface area contributed by atoms with Gasteiger partial charge in [-0.05, 0) is 69.3 Å². The van der Waals surface area contributed by atoms with Crippen LogP contribution in [0.1, 0.15) is 53.9 Å². The SMILES string of the molecule is COc1cc2c(Oc3ccc(NC(=O)NCCC(C)(C)C)c(Cl)c3)ccnc2cc1OCCCCN1CC(C)OC(C)C1. The van der Waals surface area contributed by atoms with E-state index in [4.69, 9.17) is 30.5 Å². The molecular weight excluding hydrogens is 568 g/mol. The number of halogens is 1. The molecule has 4 rings (SSSR count). The van der Waals surface area contributed by atoms with Gasteiger partial charge in [0.05, 0.1) is 42.2 Å². The third kappa shape index (κ3) is 9.88. The summed E-state index contributed by atoms with van der Waals surface area (Å²) in [6, 6.07) is 10.4. The minimum Gasteiger partial charge on any atom is -0.493 e. The van der Waals surface area contributed by atoms with Crippen molar-refractivity contribution in [2.45, 2.75) is 66.1 Å². The van der Waals surface area contributed by atoms with Crippen LogP contribution in [-0.2, 0) is 4.74 Å². The number of methoxy groups -OCH3 is 1. The Morgan fingerprint density at radius 1 is 1.07 bits per heavy atom. The van der Waals surface area contributed by atoms with Crippen LogP contribution in [0.4, 0.5) is 10.5 Å². The van der Waals surface area contributed by atoms with Gasteiger partial charge in [0, 0.05) is 43.4 Å². The molecule has 0 bridgehead atoms. The maximum Gasteiger partial charge on any atom is 0.319 e. The number of aromatic nitrogens is 1. The van der Waals surface area contributed by atoms with Crippen LogP contribution in [0.3, 0.4) is 0 Å². The van der Waals surface area contributed by atoms with E-state index >= 15 is 0 Å². The second-order valence-electron chi connectivity index (χ2n) is 12.3. The molecule has 1 aliphatic heterocycles. The second-order valence-corrected chi connectivity index (χ2v) is 12.7. The number of anilines is 1. The zero-order chi connectivity index (χ0) is 31.0. The van der Waals surface area contributed by atoms with Crippen molar-refractivity contribution < 1.29 is 23.7 Å². The van der Waals surface area contributed by atoms with E-state index in [1.165, 1.54) is 0 Å². The van der Waals surface area contributed by atoms with Gasteiger partial charge >= 0.3 is 6.03 Å². The molecule has 0 spiro atoms. The molecule has 3 aromatic rings. The van der Waals surface area contributed by atoms with Crippen molar-refractivity contribution in [2.75, 3.05) is 45.2 Å². The molecule has 43 heavy (non-hydrogen) atoms. The lowest BCUT2D eigenvalue weighted by Gasteiger charge is -2.35. The maximum absolute atomic E-state index is 12.3. The number of unbranched alkanes of at least 4 members (excludes halogenated alkanes) is 1. The van der Waals surface area contributed by atoms with Gasteiger partial charge in [-0.15, -0.1) is 0 Å². The van der Waals surface area contributed by atoms with Gasteiger partial charge in [-0.3, -0.25) is 9.88 Å². The number of nitrogens with zero attached hydrogens (tertiary/aromatic N) is 2. The fourth-order valence-electron chi connectivity index (χ4n) is 5.08. The predicted octanol–water partition coefficient (Wildman–Crippen LogP) is 7.52. The number of nitrogens with one attached hydrogen (secondary N) is 2. The van der Waals surface area contributed by atoms with Gasteiger partial charge in [-0.2, -0.15) is 0 Å². The van der Waals surface area contributed by atoms with Crippen LogP contribution in [0.5, 0.6) is 23.0 Å². The molecule has 2 atom stereocenters. The van der Waals surface area contributed by atoms with Crippen LogP contribution in [-0.4, -0.2) is 68.0 Å². The summed E-state index contributed by atoms with van der Waals surface area (Å²) in [5, 5.41) is 6.81. The lowest BCUT2D eigenvalue weighted by atomic mass is 9.92. The van der Waals surface area contributed by atoms with E-state index < -0.39 is 0 Å². The smallest absolute Gasteiger partial charge is 0.319 e. The summed E-state index contributed by atoms with van der Waals surface area (Å²) in [7, 11) is 1.62. The molecular formula is C33H45ClN4O5. The van der Waals surface area contributed by atoms with Crippen LogP contribution < -0.4 is 24.8 Å². The molecule has 1 fully saturated rings. The molecule has 2 amide bonds. The Balaban J connectivity index is 1.35. The number of carbonyl (C=O) groups excluding carboxylic acids is 1. The molecule has 2 unspecified atom stereocenters. The Morgan fingerprint density at radius 2 is 1.84 bits per heavy atom. The second kappa shape index (κ2) is 14.9. The van der Waals surface area contributed by atoms with Crippen LogP contribution >= 0.6 is 11.6 Å². The Morgan fingerprint density at radius 3 is 2.53 bits per heavy atom. The van der Waals surface area contributed by atoms with Gasteiger partial charge in [0.2, 0.25) is 0 Å². The number of benzene rings is 2. The molecule has 2 N–H and O–H groups in total. The van der Waals surface area contributed by atoms with E-state index in [1.807, 2.05) is 12.1 Å². The minimum absolute atomic E-state index is 0.140. The normalized spacial score (nSPS) is 17.5. The molecule has 0 saturated carbocycles. The fraction of sp³-hybridized carbons (Fsp3) is 0.515. The number of hydrogen-bond acceptors (Lipinski definition) is 7. The number of ether oxygens (including phenoxy) is 4. The van der Waals surface area contributed by atoms with Crippen molar-refractivity contribution in [3.05, 3.63) is 47.6 Å². The third-order valence-corrected chi connectivity index (χ3v) is 7.50. The summed E-state index contributed by atoms with van der Waals surface area (Å²) in [5.74, 6) is 2.38. The highest BCUT2D eigenvalue weighted by Crippen LogP contribution is 2.38. The first-order valence-electron chi connectivity index (χ1n) is 15.0. The Kier molecular flexibility index (Phi) is 11.3. The van der Waals surface area contributed by atoms with E-state index in [1.54, 1.807) is 37.6 Å². The predicted molar refractivity (Wildman–Crippen MR) is 172 cm³/mol. The molecule has 234 valence electrons. The quantitative estimate of drug-likeness (QED) is 0.204. The number of morpholine rings is 1. The van der Waals surface area contributed by atoms with E-state index in [0.717, 1.165) is 49.8 Å². The first-order chi connectivity index (χ1) is 20.5. The standard InChI is InChI=1S/C33H45ClN4O5/c1-22-20-38(21-23(2)42-22)15-7-8-16-41-31-19-28-25(18-30(31)40-6)29(11-13-35-28)43-24-9-10-27(26(34)17-24)37-32(39)36-14-12-33(3,4)5/h9-11,13,17-19,22-23H,7-8,12,14-16,20-21H2,1-6H3,(H2,36,37,39). The number of rotatable bonds is 12. The summed E-state index contributed by atoms with van der Waals surface area (Å²) in [4.78, 5) is 19.3. The maximum atomic E-state index is 12.3. The highest BCUT2D eigenvalue weighted by molar-refractivity contribution is 6.33. The lowest BCUT2D eigenvalue weighted by Crippen LogP contribution is -2.45. The highest BCUT2D eigenvalue weighted by atomic mass is 35.5. The summed E-state index contributed by atoms with van der Waals surface area (Å²) < 4.78 is 23.8. The average Bonchev–Trinajstić information content (AvgIpc) is 2.93.